The highest BCUT2D eigenvalue weighted by Gasteiger charge is 2.29. The smallest absolute Gasteiger partial charge is 0.408 e. The minimum atomic E-state index is -3.97. The van der Waals surface area contributed by atoms with Crippen LogP contribution in [0.1, 0.15) is 16.7 Å². The van der Waals surface area contributed by atoms with Crippen LogP contribution < -0.4 is 15.4 Å². The molecule has 0 aliphatic carbocycles. The van der Waals surface area contributed by atoms with E-state index in [0.717, 1.165) is 23.8 Å². The average Bonchev–Trinajstić information content (AvgIpc) is 2.94. The van der Waals surface area contributed by atoms with E-state index in [9.17, 15) is 22.8 Å². The van der Waals surface area contributed by atoms with Crippen LogP contribution >= 0.6 is 0 Å². The number of amides is 2. The molecule has 2 atom stereocenters. The molecule has 0 spiro atoms. The molecule has 0 fully saturated rings. The number of benzene rings is 3. The molecule has 3 aromatic rings. The van der Waals surface area contributed by atoms with Gasteiger partial charge in [0, 0.05) is 13.0 Å². The van der Waals surface area contributed by atoms with Gasteiger partial charge in [-0.15, -0.1) is 0 Å². The number of nitrogens with one attached hydrogen (secondary N) is 3. The number of methoxy groups -OCH3 is 1. The van der Waals surface area contributed by atoms with E-state index in [1.807, 2.05) is 31.2 Å². The van der Waals surface area contributed by atoms with Crippen LogP contribution in [0.2, 0.25) is 0 Å². The molecule has 3 aromatic carbocycles. The number of carbonyl (C=O) groups is 3. The molecule has 0 saturated heterocycles. The Labute approximate surface area is 227 Å². The first-order valence-electron chi connectivity index (χ1n) is 12.1. The van der Waals surface area contributed by atoms with Crippen LogP contribution in [-0.4, -0.2) is 52.1 Å². The van der Waals surface area contributed by atoms with Gasteiger partial charge in [-0.25, -0.2) is 22.7 Å². The minimum Gasteiger partial charge on any atom is -0.467 e. The van der Waals surface area contributed by atoms with E-state index >= 15 is 0 Å². The summed E-state index contributed by atoms with van der Waals surface area (Å²) in [7, 11) is -2.85. The number of aryl methyl sites for hydroxylation is 1. The molecule has 2 amide bonds. The van der Waals surface area contributed by atoms with Crippen LogP contribution in [0.3, 0.4) is 0 Å². The first-order valence-corrected chi connectivity index (χ1v) is 13.6. The molecule has 0 aliphatic rings. The van der Waals surface area contributed by atoms with E-state index < -0.39 is 46.6 Å². The van der Waals surface area contributed by atoms with Crippen LogP contribution in [0.4, 0.5) is 4.79 Å². The Hall–Kier alpha value is -4.22. The molecule has 0 aliphatic heterocycles. The summed E-state index contributed by atoms with van der Waals surface area (Å²) in [6, 6.07) is 21.7. The molecule has 39 heavy (non-hydrogen) atoms. The number of carbonyl (C=O) groups excluding carboxylic acids is 3. The third-order valence-electron chi connectivity index (χ3n) is 5.71. The Morgan fingerprint density at radius 2 is 1.38 bits per heavy atom. The number of sulfonamides is 1. The number of ether oxygens (including phenoxy) is 2. The molecule has 11 heteroatoms. The van der Waals surface area contributed by atoms with Crippen LogP contribution in [0.15, 0.2) is 89.8 Å². The minimum absolute atomic E-state index is 0.00206. The van der Waals surface area contributed by atoms with E-state index in [4.69, 9.17) is 9.47 Å². The molecule has 3 rings (SSSR count). The second-order valence-electron chi connectivity index (χ2n) is 8.70. The normalized spacial score (nSPS) is 12.6. The molecule has 0 saturated carbocycles. The summed E-state index contributed by atoms with van der Waals surface area (Å²) in [6.45, 7) is 1.35. The van der Waals surface area contributed by atoms with Crippen molar-refractivity contribution >= 4 is 28.0 Å². The predicted molar refractivity (Wildman–Crippen MR) is 144 cm³/mol. The van der Waals surface area contributed by atoms with Crippen molar-refractivity contribution in [1.82, 2.24) is 15.4 Å². The summed E-state index contributed by atoms with van der Waals surface area (Å²) < 4.78 is 37.8. The number of esters is 1. The summed E-state index contributed by atoms with van der Waals surface area (Å²) in [5, 5.41) is 5.03. The molecule has 0 unspecified atom stereocenters. The molecule has 10 nitrogen and oxygen atoms in total. The summed E-state index contributed by atoms with van der Waals surface area (Å²) in [4.78, 5) is 38.2. The lowest BCUT2D eigenvalue weighted by Gasteiger charge is -2.22. The topological polar surface area (TPSA) is 140 Å². The second-order valence-corrected chi connectivity index (χ2v) is 10.5. The van der Waals surface area contributed by atoms with Crippen molar-refractivity contribution in [3.63, 3.8) is 0 Å². The Balaban J connectivity index is 1.70. The predicted octanol–water partition coefficient (Wildman–Crippen LogP) is 2.47. The molecule has 0 heterocycles. The lowest BCUT2D eigenvalue weighted by Crippen LogP contribution is -2.55. The number of hydrogen-bond donors (Lipinski definition) is 3. The van der Waals surface area contributed by atoms with Crippen molar-refractivity contribution in [2.24, 2.45) is 0 Å². The summed E-state index contributed by atoms with van der Waals surface area (Å²) in [5.41, 5.74) is 2.40. The Morgan fingerprint density at radius 3 is 1.97 bits per heavy atom. The molecular weight excluding hydrogens is 522 g/mol. The molecule has 0 bridgehead atoms. The van der Waals surface area contributed by atoms with Crippen LogP contribution in [0.25, 0.3) is 0 Å². The van der Waals surface area contributed by atoms with E-state index in [1.165, 1.54) is 12.1 Å². The maximum atomic E-state index is 13.3. The monoisotopic (exact) mass is 553 g/mol. The summed E-state index contributed by atoms with van der Waals surface area (Å²) >= 11 is 0. The van der Waals surface area contributed by atoms with E-state index in [0.29, 0.717) is 0 Å². The van der Waals surface area contributed by atoms with Gasteiger partial charge in [0.2, 0.25) is 15.9 Å². The van der Waals surface area contributed by atoms with Crippen molar-refractivity contribution < 1.29 is 32.3 Å². The summed E-state index contributed by atoms with van der Waals surface area (Å²) in [5.74, 6) is -1.58. The highest BCUT2D eigenvalue weighted by atomic mass is 32.2. The largest absolute Gasteiger partial charge is 0.467 e. The van der Waals surface area contributed by atoms with Gasteiger partial charge in [-0.1, -0.05) is 78.4 Å². The van der Waals surface area contributed by atoms with Gasteiger partial charge in [0.05, 0.1) is 12.0 Å². The fourth-order valence-electron chi connectivity index (χ4n) is 3.57. The molecular formula is C28H31N3O7S. The highest BCUT2D eigenvalue weighted by molar-refractivity contribution is 7.89. The van der Waals surface area contributed by atoms with Gasteiger partial charge in [-0.2, -0.15) is 0 Å². The zero-order chi connectivity index (χ0) is 28.3. The number of hydrogen-bond acceptors (Lipinski definition) is 7. The highest BCUT2D eigenvalue weighted by Crippen LogP contribution is 2.10. The number of alkyl carbamates (subject to hydrolysis) is 1. The van der Waals surface area contributed by atoms with E-state index in [1.54, 1.807) is 48.5 Å². The van der Waals surface area contributed by atoms with Gasteiger partial charge in [0.1, 0.15) is 18.7 Å². The van der Waals surface area contributed by atoms with Crippen molar-refractivity contribution in [3.05, 3.63) is 102 Å². The van der Waals surface area contributed by atoms with Gasteiger partial charge in [0.25, 0.3) is 0 Å². The van der Waals surface area contributed by atoms with Crippen molar-refractivity contribution in [2.75, 3.05) is 13.7 Å². The van der Waals surface area contributed by atoms with Gasteiger partial charge in [0.15, 0.2) is 0 Å². The Morgan fingerprint density at radius 1 is 0.795 bits per heavy atom. The zero-order valence-electron chi connectivity index (χ0n) is 21.6. The maximum absolute atomic E-state index is 13.3. The van der Waals surface area contributed by atoms with Crippen molar-refractivity contribution in [3.8, 4) is 0 Å². The lowest BCUT2D eigenvalue weighted by molar-refractivity contribution is -0.145. The third kappa shape index (κ3) is 9.24. The maximum Gasteiger partial charge on any atom is 0.408 e. The van der Waals surface area contributed by atoms with Gasteiger partial charge >= 0.3 is 12.1 Å². The molecule has 206 valence electrons. The summed E-state index contributed by atoms with van der Waals surface area (Å²) in [6.07, 6.45) is -0.736. The first kappa shape index (κ1) is 29.3. The Kier molecular flexibility index (Phi) is 10.6. The molecule has 0 radical (unpaired) electrons. The Bertz CT molecular complexity index is 1350. The fourth-order valence-corrected chi connectivity index (χ4v) is 4.61. The quantitative estimate of drug-likeness (QED) is 0.293. The van der Waals surface area contributed by atoms with Gasteiger partial charge in [-0.3, -0.25) is 4.79 Å². The van der Waals surface area contributed by atoms with Crippen LogP contribution in [0.5, 0.6) is 0 Å². The second kappa shape index (κ2) is 14.1. The lowest BCUT2D eigenvalue weighted by atomic mass is 10.0. The SMILES string of the molecule is COC(=O)[C@H](CNS(=O)(=O)c1ccc(C)cc1)NC(=O)[C@H](Cc1ccccc1)NC(=O)OCc1ccccc1. The average molecular weight is 554 g/mol. The number of rotatable bonds is 12. The van der Waals surface area contributed by atoms with Crippen molar-refractivity contribution in [1.29, 1.82) is 0 Å². The first-order chi connectivity index (χ1) is 18.7. The standard InChI is InChI=1S/C28H31N3O7S/c1-20-13-15-23(16-14-20)39(35,36)29-18-25(27(33)37-2)30-26(32)24(17-21-9-5-3-6-10-21)31-28(34)38-19-22-11-7-4-8-12-22/h3-16,24-25,29H,17-19H2,1-2H3,(H,30,32)(H,31,34)/t24-,25-/m0/s1. The third-order valence-corrected chi connectivity index (χ3v) is 7.15. The van der Waals surface area contributed by atoms with E-state index in [2.05, 4.69) is 15.4 Å². The molecule has 0 aromatic heterocycles. The molecule has 3 N–H and O–H groups in total. The van der Waals surface area contributed by atoms with E-state index in [-0.39, 0.29) is 17.9 Å². The van der Waals surface area contributed by atoms with Crippen LogP contribution in [0, 0.1) is 6.92 Å². The van der Waals surface area contributed by atoms with Gasteiger partial charge < -0.3 is 20.1 Å². The zero-order valence-corrected chi connectivity index (χ0v) is 22.4. The van der Waals surface area contributed by atoms with Gasteiger partial charge in [-0.05, 0) is 30.2 Å². The van der Waals surface area contributed by atoms with Crippen molar-refractivity contribution in [2.45, 2.75) is 36.9 Å². The fraction of sp³-hybridized carbons (Fsp3) is 0.250. The van der Waals surface area contributed by atoms with Crippen LogP contribution in [-0.2, 0) is 42.1 Å².